The maximum Gasteiger partial charge on any atom is 0.417 e. The van der Waals surface area contributed by atoms with Crippen molar-refractivity contribution in [3.63, 3.8) is 0 Å². The van der Waals surface area contributed by atoms with Crippen LogP contribution in [0.15, 0.2) is 22.7 Å². The second-order valence-electron chi connectivity index (χ2n) is 3.83. The van der Waals surface area contributed by atoms with Gasteiger partial charge in [-0.2, -0.15) is 13.2 Å². The topological polar surface area (TPSA) is 37.4 Å². The van der Waals surface area contributed by atoms with Crippen LogP contribution in [0.25, 0.3) is 0 Å². The summed E-state index contributed by atoms with van der Waals surface area (Å²) in [6.45, 7) is -0.182. The number of rotatable bonds is 1. The Morgan fingerprint density at radius 2 is 1.89 bits per heavy atom. The maximum atomic E-state index is 12.7. The summed E-state index contributed by atoms with van der Waals surface area (Å²) < 4.78 is 37.8. The van der Waals surface area contributed by atoms with Gasteiger partial charge in [0.15, 0.2) is 5.78 Å². The highest BCUT2D eigenvalue weighted by atomic mass is 79.9. The molecule has 18 heavy (non-hydrogen) atoms. The molecule has 1 saturated heterocycles. The molecule has 1 aliphatic heterocycles. The molecule has 7 heteroatoms. The van der Waals surface area contributed by atoms with Crippen molar-refractivity contribution in [1.82, 2.24) is 0 Å². The summed E-state index contributed by atoms with van der Waals surface area (Å²) >= 11 is 2.85. The van der Waals surface area contributed by atoms with Crippen molar-refractivity contribution in [2.75, 3.05) is 11.4 Å². The molecule has 1 heterocycles. The summed E-state index contributed by atoms with van der Waals surface area (Å²) in [6.07, 6.45) is -4.77. The Morgan fingerprint density at radius 3 is 2.39 bits per heavy atom. The van der Waals surface area contributed by atoms with Crippen molar-refractivity contribution in [1.29, 1.82) is 0 Å². The molecular weight excluding hydrogens is 315 g/mol. The smallest absolute Gasteiger partial charge is 0.303 e. The number of alkyl halides is 3. The summed E-state index contributed by atoms with van der Waals surface area (Å²) in [7, 11) is 0. The van der Waals surface area contributed by atoms with Crippen LogP contribution in [0, 0.1) is 0 Å². The minimum Gasteiger partial charge on any atom is -0.303 e. The van der Waals surface area contributed by atoms with Crippen LogP contribution in [0.5, 0.6) is 0 Å². The van der Waals surface area contributed by atoms with Gasteiger partial charge in [0.25, 0.3) is 0 Å². The van der Waals surface area contributed by atoms with Gasteiger partial charge < -0.3 is 4.90 Å². The van der Waals surface area contributed by atoms with E-state index in [1.54, 1.807) is 0 Å². The molecule has 0 unspecified atom stereocenters. The van der Waals surface area contributed by atoms with Crippen LogP contribution in [0.1, 0.15) is 12.0 Å². The summed E-state index contributed by atoms with van der Waals surface area (Å²) in [5.74, 6) is -0.788. The number of carbonyl (C=O) groups is 2. The Bertz CT molecular complexity index is 528. The summed E-state index contributed by atoms with van der Waals surface area (Å²) in [4.78, 5) is 23.7. The zero-order valence-corrected chi connectivity index (χ0v) is 10.5. The Morgan fingerprint density at radius 1 is 1.22 bits per heavy atom. The predicted molar refractivity (Wildman–Crippen MR) is 61.1 cm³/mol. The van der Waals surface area contributed by atoms with Gasteiger partial charge in [0.05, 0.1) is 28.7 Å². The number of anilines is 1. The normalized spacial score (nSPS) is 16.6. The molecule has 1 amide bonds. The van der Waals surface area contributed by atoms with Gasteiger partial charge >= 0.3 is 6.18 Å². The molecular formula is C11H7BrF3NO2. The fraction of sp³-hybridized carbons (Fsp3) is 0.273. The van der Waals surface area contributed by atoms with Gasteiger partial charge in [0, 0.05) is 0 Å². The number of carbonyl (C=O) groups excluding carboxylic acids is 2. The molecule has 1 aliphatic rings. The monoisotopic (exact) mass is 321 g/mol. The van der Waals surface area contributed by atoms with E-state index in [4.69, 9.17) is 0 Å². The van der Waals surface area contributed by atoms with Crippen LogP contribution in [-0.2, 0) is 15.8 Å². The first-order chi connectivity index (χ1) is 8.30. The van der Waals surface area contributed by atoms with Gasteiger partial charge in [0.2, 0.25) is 5.91 Å². The lowest BCUT2D eigenvalue weighted by Gasteiger charge is -2.19. The molecule has 0 radical (unpaired) electrons. The van der Waals surface area contributed by atoms with Gasteiger partial charge in [0.1, 0.15) is 0 Å². The fourth-order valence-corrected chi connectivity index (χ4v) is 2.45. The first-order valence-corrected chi connectivity index (χ1v) is 5.78. The minimum absolute atomic E-state index is 0.0701. The summed E-state index contributed by atoms with van der Waals surface area (Å²) in [6, 6.07) is 3.49. The number of halogens is 4. The average Bonchev–Trinajstić information content (AvgIpc) is 2.56. The number of ketones is 1. The predicted octanol–water partition coefficient (Wildman–Crippen LogP) is 2.77. The Hall–Kier alpha value is -1.37. The highest BCUT2D eigenvalue weighted by Crippen LogP contribution is 2.40. The third-order valence-corrected chi connectivity index (χ3v) is 3.39. The van der Waals surface area contributed by atoms with Crippen molar-refractivity contribution in [3.8, 4) is 0 Å². The van der Waals surface area contributed by atoms with Gasteiger partial charge in [-0.1, -0.05) is 6.07 Å². The van der Waals surface area contributed by atoms with Gasteiger partial charge in [-0.05, 0) is 28.1 Å². The molecule has 1 aromatic carbocycles. The Labute approximate surface area is 109 Å². The molecule has 0 aromatic heterocycles. The number of Topliss-reactive ketones (excluding diaryl/α,β-unsaturated/α-hetero) is 1. The first-order valence-electron chi connectivity index (χ1n) is 4.98. The molecule has 2 rings (SSSR count). The number of benzene rings is 1. The van der Waals surface area contributed by atoms with Crippen molar-refractivity contribution in [2.24, 2.45) is 0 Å². The van der Waals surface area contributed by atoms with E-state index in [9.17, 15) is 22.8 Å². The van der Waals surface area contributed by atoms with Crippen LogP contribution in [0.3, 0.4) is 0 Å². The van der Waals surface area contributed by atoms with Gasteiger partial charge in [-0.25, -0.2) is 0 Å². The molecule has 3 nitrogen and oxygen atoms in total. The van der Waals surface area contributed by atoms with Crippen molar-refractivity contribution < 1.29 is 22.8 Å². The highest BCUT2D eigenvalue weighted by Gasteiger charge is 2.36. The van der Waals surface area contributed by atoms with E-state index in [1.165, 1.54) is 12.1 Å². The van der Waals surface area contributed by atoms with Crippen molar-refractivity contribution in [2.45, 2.75) is 12.6 Å². The van der Waals surface area contributed by atoms with E-state index in [1.807, 2.05) is 0 Å². The fourth-order valence-electron chi connectivity index (χ4n) is 1.75. The lowest BCUT2D eigenvalue weighted by Crippen LogP contribution is -2.25. The standard InChI is InChI=1S/C11H7BrF3NO2/c12-10-7(11(13,14)15)2-1-3-8(10)16-5-6(17)4-9(16)18/h1-3H,4-5H2. The van der Waals surface area contributed by atoms with E-state index in [2.05, 4.69) is 15.9 Å². The number of amides is 1. The third-order valence-electron chi connectivity index (χ3n) is 2.56. The highest BCUT2D eigenvalue weighted by molar-refractivity contribution is 9.10. The number of hydrogen-bond acceptors (Lipinski definition) is 2. The quantitative estimate of drug-likeness (QED) is 0.746. The molecule has 96 valence electrons. The zero-order chi connectivity index (χ0) is 13.5. The lowest BCUT2D eigenvalue weighted by atomic mass is 10.2. The third kappa shape index (κ3) is 2.27. The summed E-state index contributed by atoms with van der Waals surface area (Å²) in [5.41, 5.74) is -0.798. The van der Waals surface area contributed by atoms with Gasteiger partial charge in [-0.3, -0.25) is 9.59 Å². The van der Waals surface area contributed by atoms with E-state index in [0.717, 1.165) is 11.0 Å². The minimum atomic E-state index is -4.51. The molecule has 0 atom stereocenters. The van der Waals surface area contributed by atoms with Crippen LogP contribution < -0.4 is 4.90 Å². The largest absolute Gasteiger partial charge is 0.417 e. The van der Waals surface area contributed by atoms with Crippen molar-refractivity contribution >= 4 is 33.3 Å². The van der Waals surface area contributed by atoms with Gasteiger partial charge in [-0.15, -0.1) is 0 Å². The van der Waals surface area contributed by atoms with Crippen molar-refractivity contribution in [3.05, 3.63) is 28.2 Å². The van der Waals surface area contributed by atoms with E-state index < -0.39 is 17.6 Å². The molecule has 0 spiro atoms. The average molecular weight is 322 g/mol. The van der Waals surface area contributed by atoms with Crippen LogP contribution in [-0.4, -0.2) is 18.2 Å². The Balaban J connectivity index is 2.47. The second-order valence-corrected chi connectivity index (χ2v) is 4.62. The molecule has 0 aliphatic carbocycles. The number of nitrogens with zero attached hydrogens (tertiary/aromatic N) is 1. The number of hydrogen-bond donors (Lipinski definition) is 0. The molecule has 1 fully saturated rings. The van der Waals surface area contributed by atoms with E-state index >= 15 is 0 Å². The summed E-state index contributed by atoms with van der Waals surface area (Å²) in [5, 5.41) is 0. The second kappa shape index (κ2) is 4.38. The molecule has 1 aromatic rings. The first kappa shape index (κ1) is 13.1. The molecule has 0 N–H and O–H groups in total. The van der Waals surface area contributed by atoms with Crippen LogP contribution >= 0.6 is 15.9 Å². The van der Waals surface area contributed by atoms with E-state index in [0.29, 0.717) is 0 Å². The SMILES string of the molecule is O=C1CC(=O)N(c2cccc(C(F)(F)F)c2Br)C1. The van der Waals surface area contributed by atoms with Crippen LogP contribution in [0.4, 0.5) is 18.9 Å². The van der Waals surface area contributed by atoms with Crippen LogP contribution in [0.2, 0.25) is 0 Å². The van der Waals surface area contributed by atoms with E-state index in [-0.39, 0.29) is 28.9 Å². The Kier molecular flexibility index (Phi) is 3.18. The lowest BCUT2D eigenvalue weighted by molar-refractivity contribution is -0.138. The molecule has 0 saturated carbocycles. The maximum absolute atomic E-state index is 12.7. The molecule has 0 bridgehead atoms. The zero-order valence-electron chi connectivity index (χ0n) is 8.92.